The zero-order valence-corrected chi connectivity index (χ0v) is 22.9. The molecule has 12 heteroatoms. The van der Waals surface area contributed by atoms with E-state index >= 15 is 0 Å². The number of carbonyl (C=O) groups is 4. The van der Waals surface area contributed by atoms with E-state index in [2.05, 4.69) is 4.74 Å². The Balaban J connectivity index is 0.000000360. The molecule has 0 spiro atoms. The Morgan fingerprint density at radius 2 is 1.28 bits per heavy atom. The van der Waals surface area contributed by atoms with Crippen molar-refractivity contribution in [3.05, 3.63) is 0 Å². The molecule has 2 aliphatic rings. The fourth-order valence-corrected chi connectivity index (χ4v) is 3.89. The summed E-state index contributed by atoms with van der Waals surface area (Å²) in [4.78, 5) is 49.4. The third-order valence-corrected chi connectivity index (χ3v) is 5.94. The first kappa shape index (κ1) is 31.4. The minimum absolute atomic E-state index is 0.238. The van der Waals surface area contributed by atoms with Gasteiger partial charge in [0, 0.05) is 25.7 Å². The van der Waals surface area contributed by atoms with E-state index in [1.54, 1.807) is 37.5 Å². The van der Waals surface area contributed by atoms with Gasteiger partial charge in [-0.05, 0) is 74.1 Å². The number of nitrogens with two attached hydrogens (primary N) is 2. The predicted molar refractivity (Wildman–Crippen MR) is 132 cm³/mol. The van der Waals surface area contributed by atoms with Crippen LogP contribution in [0.15, 0.2) is 0 Å². The van der Waals surface area contributed by atoms with E-state index in [4.69, 9.17) is 26.0 Å². The average Bonchev–Trinajstić information content (AvgIpc) is 2.71. The Bertz CT molecular complexity index is 809. The van der Waals surface area contributed by atoms with Crippen LogP contribution >= 0.6 is 0 Å². The maximum atomic E-state index is 11.9. The molecule has 2 fully saturated rings. The zero-order chi connectivity index (χ0) is 28.1. The maximum Gasteiger partial charge on any atom is 0.410 e. The molecule has 2 aliphatic heterocycles. The molecule has 5 N–H and O–H groups in total. The van der Waals surface area contributed by atoms with Gasteiger partial charge in [-0.25, -0.2) is 9.59 Å². The molecule has 36 heavy (non-hydrogen) atoms. The van der Waals surface area contributed by atoms with Gasteiger partial charge in [-0.3, -0.25) is 9.59 Å². The molecule has 2 amide bonds. The number of nitrogens with zero attached hydrogens (tertiary/aromatic N) is 2. The van der Waals surface area contributed by atoms with E-state index in [9.17, 15) is 19.2 Å². The lowest BCUT2D eigenvalue weighted by molar-refractivity contribution is -0.149. The third-order valence-electron chi connectivity index (χ3n) is 5.94. The zero-order valence-electron chi connectivity index (χ0n) is 22.9. The standard InChI is InChI=1S/2C12H22N2O4/c1-11(2,3)18-10(16)14-7-5-12(13,6-8-14)9(15)17-4;1-8-7-12(13,9(15)16)5-6-14(8)10(17)18-11(2,3)4/h5-8,13H2,1-4H3;8H,5-7,13H2,1-4H3,(H,15,16). The normalized spacial score (nSPS) is 24.1. The number of carboxylic acid groups (broad SMARTS) is 1. The number of amides is 2. The third kappa shape index (κ3) is 9.12. The van der Waals surface area contributed by atoms with Crippen molar-refractivity contribution in [3.8, 4) is 0 Å². The number of esters is 1. The molecule has 2 unspecified atom stereocenters. The molecule has 0 aliphatic carbocycles. The molecule has 12 nitrogen and oxygen atoms in total. The van der Waals surface area contributed by atoms with E-state index in [1.807, 2.05) is 20.8 Å². The van der Waals surface area contributed by atoms with Gasteiger partial charge in [0.1, 0.15) is 22.3 Å². The molecule has 0 saturated carbocycles. The molecule has 2 rings (SSSR count). The van der Waals surface area contributed by atoms with Crippen LogP contribution in [0.1, 0.15) is 74.1 Å². The van der Waals surface area contributed by atoms with Gasteiger partial charge < -0.3 is 40.6 Å². The van der Waals surface area contributed by atoms with Crippen LogP contribution in [-0.4, -0.2) is 94.1 Å². The lowest BCUT2D eigenvalue weighted by Gasteiger charge is -2.41. The molecule has 0 aromatic carbocycles. The van der Waals surface area contributed by atoms with E-state index in [0.717, 1.165) is 0 Å². The van der Waals surface area contributed by atoms with Crippen molar-refractivity contribution in [1.29, 1.82) is 0 Å². The highest BCUT2D eigenvalue weighted by Gasteiger charge is 2.43. The average molecular weight is 517 g/mol. The molecule has 208 valence electrons. The smallest absolute Gasteiger partial charge is 0.410 e. The van der Waals surface area contributed by atoms with Gasteiger partial charge in [0.05, 0.1) is 7.11 Å². The summed E-state index contributed by atoms with van der Waals surface area (Å²) >= 11 is 0. The lowest BCUT2D eigenvalue weighted by Crippen LogP contribution is -2.60. The maximum absolute atomic E-state index is 11.9. The number of carbonyl (C=O) groups excluding carboxylic acids is 3. The molecule has 2 heterocycles. The van der Waals surface area contributed by atoms with Gasteiger partial charge >= 0.3 is 24.1 Å². The fraction of sp³-hybridized carbons (Fsp3) is 0.833. The minimum atomic E-state index is -1.24. The van der Waals surface area contributed by atoms with Crippen LogP contribution in [0.25, 0.3) is 0 Å². The number of rotatable bonds is 2. The highest BCUT2D eigenvalue weighted by Crippen LogP contribution is 2.27. The Labute approximate surface area is 213 Å². The molecular formula is C24H44N4O8. The second-order valence-electron chi connectivity index (χ2n) is 11.6. The fourth-order valence-electron chi connectivity index (χ4n) is 3.89. The summed E-state index contributed by atoms with van der Waals surface area (Å²) in [5, 5.41) is 9.07. The second kappa shape index (κ2) is 11.6. The van der Waals surface area contributed by atoms with Crippen LogP contribution in [0.4, 0.5) is 9.59 Å². The summed E-state index contributed by atoms with van der Waals surface area (Å²) in [5.41, 5.74) is 8.46. The number of hydrogen-bond acceptors (Lipinski definition) is 9. The largest absolute Gasteiger partial charge is 0.480 e. The van der Waals surface area contributed by atoms with Gasteiger partial charge in [-0.15, -0.1) is 0 Å². The van der Waals surface area contributed by atoms with E-state index in [1.165, 1.54) is 7.11 Å². The summed E-state index contributed by atoms with van der Waals surface area (Å²) in [6.07, 6.45) is 0.475. The van der Waals surface area contributed by atoms with Gasteiger partial charge in [0.15, 0.2) is 0 Å². The lowest BCUT2D eigenvalue weighted by atomic mass is 9.85. The van der Waals surface area contributed by atoms with Crippen LogP contribution in [0.5, 0.6) is 0 Å². The quantitative estimate of drug-likeness (QED) is 0.364. The van der Waals surface area contributed by atoms with Gasteiger partial charge in [-0.1, -0.05) is 0 Å². The molecule has 0 aromatic rings. The highest BCUT2D eigenvalue weighted by atomic mass is 16.6. The summed E-state index contributed by atoms with van der Waals surface area (Å²) in [5.74, 6) is -1.44. The molecular weight excluding hydrogens is 472 g/mol. The number of likely N-dealkylation sites (tertiary alicyclic amines) is 2. The highest BCUT2D eigenvalue weighted by molar-refractivity contribution is 5.81. The van der Waals surface area contributed by atoms with Crippen molar-refractivity contribution in [3.63, 3.8) is 0 Å². The van der Waals surface area contributed by atoms with Crippen molar-refractivity contribution in [2.24, 2.45) is 11.5 Å². The molecule has 0 radical (unpaired) electrons. The summed E-state index contributed by atoms with van der Waals surface area (Å²) in [6.45, 7) is 13.7. The van der Waals surface area contributed by atoms with E-state index < -0.39 is 40.3 Å². The minimum Gasteiger partial charge on any atom is -0.480 e. The van der Waals surface area contributed by atoms with Crippen LogP contribution < -0.4 is 11.5 Å². The molecule has 0 bridgehead atoms. The first-order valence-electron chi connectivity index (χ1n) is 12.1. The Morgan fingerprint density at radius 1 is 0.833 bits per heavy atom. The Kier molecular flexibility index (Phi) is 10.2. The van der Waals surface area contributed by atoms with E-state index in [0.29, 0.717) is 32.5 Å². The van der Waals surface area contributed by atoms with Crippen LogP contribution in [0, 0.1) is 0 Å². The topological polar surface area (TPSA) is 175 Å². The number of hydrogen-bond donors (Lipinski definition) is 3. The van der Waals surface area contributed by atoms with Crippen LogP contribution in [0.2, 0.25) is 0 Å². The van der Waals surface area contributed by atoms with Crippen LogP contribution in [-0.2, 0) is 23.8 Å². The summed E-state index contributed by atoms with van der Waals surface area (Å²) in [6, 6.07) is -0.241. The van der Waals surface area contributed by atoms with Gasteiger partial charge in [-0.2, -0.15) is 0 Å². The molecule has 0 aromatic heterocycles. The van der Waals surface area contributed by atoms with Crippen molar-refractivity contribution >= 4 is 24.1 Å². The first-order valence-corrected chi connectivity index (χ1v) is 12.1. The van der Waals surface area contributed by atoms with Crippen molar-refractivity contribution in [1.82, 2.24) is 9.80 Å². The van der Waals surface area contributed by atoms with Crippen LogP contribution in [0.3, 0.4) is 0 Å². The summed E-state index contributed by atoms with van der Waals surface area (Å²) < 4.78 is 15.2. The monoisotopic (exact) mass is 516 g/mol. The SMILES string of the molecule is CC1CC(N)(C(=O)O)CCN1C(=O)OC(C)(C)C.COC(=O)C1(N)CCN(C(=O)OC(C)(C)C)CC1. The van der Waals surface area contributed by atoms with Crippen molar-refractivity contribution < 1.29 is 38.5 Å². The van der Waals surface area contributed by atoms with Gasteiger partial charge in [0.2, 0.25) is 0 Å². The number of carboxylic acids is 1. The van der Waals surface area contributed by atoms with E-state index in [-0.39, 0.29) is 25.0 Å². The Morgan fingerprint density at radius 3 is 1.67 bits per heavy atom. The Hall–Kier alpha value is -2.60. The number of piperidine rings is 2. The summed E-state index contributed by atoms with van der Waals surface area (Å²) in [7, 11) is 1.32. The van der Waals surface area contributed by atoms with Gasteiger partial charge in [0.25, 0.3) is 0 Å². The number of aliphatic carboxylic acids is 1. The first-order chi connectivity index (χ1) is 16.2. The predicted octanol–water partition coefficient (Wildman–Crippen LogP) is 2.08. The van der Waals surface area contributed by atoms with Crippen molar-refractivity contribution in [2.45, 2.75) is 102 Å². The molecule has 2 atom stereocenters. The second-order valence-corrected chi connectivity index (χ2v) is 11.6. The van der Waals surface area contributed by atoms with Crippen molar-refractivity contribution in [2.75, 3.05) is 26.7 Å². The molecule has 2 saturated heterocycles. The number of methoxy groups -OCH3 is 1. The number of ether oxygens (including phenoxy) is 3.